The number of aldehydes is 1. The molecule has 0 heterocycles. The second kappa shape index (κ2) is 8.92. The summed E-state index contributed by atoms with van der Waals surface area (Å²) in [5.74, 6) is 0.569. The molecule has 0 aromatic heterocycles. The molecule has 1 aromatic carbocycles. The normalized spacial score (nSPS) is 10.1. The van der Waals surface area contributed by atoms with Crippen molar-refractivity contribution in [2.24, 2.45) is 0 Å². The van der Waals surface area contributed by atoms with E-state index >= 15 is 0 Å². The van der Waals surface area contributed by atoms with Crippen LogP contribution in [-0.2, 0) is 20.7 Å². The number of carbonyl (C=O) groups excluding carboxylic acids is 3. The maximum atomic E-state index is 12.1. The van der Waals surface area contributed by atoms with Gasteiger partial charge in [-0.1, -0.05) is 0 Å². The van der Waals surface area contributed by atoms with Crippen molar-refractivity contribution in [3.05, 3.63) is 22.8 Å². The van der Waals surface area contributed by atoms with E-state index in [0.717, 1.165) is 0 Å². The van der Waals surface area contributed by atoms with Crippen molar-refractivity contribution in [2.75, 3.05) is 20.8 Å². The minimum atomic E-state index is -0.367. The van der Waals surface area contributed by atoms with Crippen molar-refractivity contribution in [2.45, 2.75) is 33.1 Å². The maximum absolute atomic E-state index is 12.1. The second-order valence-corrected chi connectivity index (χ2v) is 5.09. The Kier molecular flexibility index (Phi) is 7.25. The Hall–Kier alpha value is -2.37. The first kappa shape index (κ1) is 18.7. The minimum Gasteiger partial charge on any atom is -0.496 e. The highest BCUT2D eigenvalue weighted by Crippen LogP contribution is 2.33. The first-order valence-electron chi connectivity index (χ1n) is 7.29. The average Bonchev–Trinajstić information content (AvgIpc) is 2.52. The molecule has 1 aromatic rings. The molecule has 0 aliphatic heterocycles. The van der Waals surface area contributed by atoms with Gasteiger partial charge in [-0.15, -0.1) is 0 Å². The van der Waals surface area contributed by atoms with E-state index in [9.17, 15) is 14.4 Å². The van der Waals surface area contributed by atoms with E-state index in [0.29, 0.717) is 40.9 Å². The number of methoxy groups -OCH3 is 2. The number of rotatable bonds is 9. The molecule has 0 saturated heterocycles. The van der Waals surface area contributed by atoms with E-state index in [1.807, 2.05) is 0 Å². The smallest absolute Gasteiger partial charge is 0.302 e. The highest BCUT2D eigenvalue weighted by atomic mass is 16.5. The van der Waals surface area contributed by atoms with Crippen LogP contribution in [0.2, 0.25) is 0 Å². The zero-order valence-electron chi connectivity index (χ0n) is 13.9. The molecular formula is C17H22O6. The van der Waals surface area contributed by atoms with Gasteiger partial charge in [0.05, 0.1) is 26.4 Å². The molecule has 23 heavy (non-hydrogen) atoms. The Balaban J connectivity index is 2.88. The number of carbonyl (C=O) groups is 3. The van der Waals surface area contributed by atoms with Gasteiger partial charge in [0.15, 0.2) is 6.29 Å². The van der Waals surface area contributed by atoms with Crippen molar-refractivity contribution in [1.82, 2.24) is 0 Å². The molecule has 126 valence electrons. The zero-order valence-corrected chi connectivity index (χ0v) is 13.9. The lowest BCUT2D eigenvalue weighted by atomic mass is 9.97. The maximum Gasteiger partial charge on any atom is 0.302 e. The molecule has 1 rings (SSSR count). The van der Waals surface area contributed by atoms with Gasteiger partial charge in [-0.2, -0.15) is 0 Å². The summed E-state index contributed by atoms with van der Waals surface area (Å²) in [7, 11) is 2.99. The largest absolute Gasteiger partial charge is 0.496 e. The van der Waals surface area contributed by atoms with Gasteiger partial charge >= 0.3 is 5.97 Å². The molecule has 0 fully saturated rings. The molecule has 0 spiro atoms. The SMILES string of the molecule is COc1cc(CC(=O)CCCOC(C)=O)c(C=O)c(OC)c1C. The standard InChI is InChI=1S/C17H22O6/c1-11-16(21-3)9-13(15(10-18)17(11)22-4)8-14(20)6-5-7-23-12(2)19/h9-10H,5-8H2,1-4H3. The molecule has 6 heteroatoms. The van der Waals surface area contributed by atoms with Gasteiger partial charge in [0.1, 0.15) is 17.3 Å². The van der Waals surface area contributed by atoms with E-state index in [4.69, 9.17) is 14.2 Å². The van der Waals surface area contributed by atoms with Crippen molar-refractivity contribution in [3.8, 4) is 11.5 Å². The second-order valence-electron chi connectivity index (χ2n) is 5.09. The van der Waals surface area contributed by atoms with Crippen LogP contribution in [0.25, 0.3) is 0 Å². The number of benzene rings is 1. The van der Waals surface area contributed by atoms with E-state index in [-0.39, 0.29) is 31.2 Å². The highest BCUT2D eigenvalue weighted by molar-refractivity contribution is 5.88. The van der Waals surface area contributed by atoms with Gasteiger partial charge in [-0.05, 0) is 25.0 Å². The van der Waals surface area contributed by atoms with Crippen LogP contribution >= 0.6 is 0 Å². The van der Waals surface area contributed by atoms with Gasteiger partial charge in [0.25, 0.3) is 0 Å². The molecule has 0 bridgehead atoms. The molecular weight excluding hydrogens is 300 g/mol. The Labute approximate surface area is 135 Å². The third kappa shape index (κ3) is 5.09. The molecule has 0 unspecified atom stereocenters. The summed E-state index contributed by atoms with van der Waals surface area (Å²) < 4.78 is 15.3. The van der Waals surface area contributed by atoms with E-state index in [1.165, 1.54) is 21.1 Å². The van der Waals surface area contributed by atoms with Gasteiger partial charge in [0.2, 0.25) is 0 Å². The van der Waals surface area contributed by atoms with Gasteiger partial charge in [-0.25, -0.2) is 0 Å². The quantitative estimate of drug-likeness (QED) is 0.394. The summed E-state index contributed by atoms with van der Waals surface area (Å²) in [6.07, 6.45) is 1.51. The fourth-order valence-electron chi connectivity index (χ4n) is 2.34. The fourth-order valence-corrected chi connectivity index (χ4v) is 2.34. The van der Waals surface area contributed by atoms with E-state index in [1.54, 1.807) is 13.0 Å². The molecule has 0 aliphatic carbocycles. The molecule has 0 radical (unpaired) electrons. The number of esters is 1. The molecule has 6 nitrogen and oxygen atoms in total. The average molecular weight is 322 g/mol. The highest BCUT2D eigenvalue weighted by Gasteiger charge is 2.18. The van der Waals surface area contributed by atoms with Crippen molar-refractivity contribution in [3.63, 3.8) is 0 Å². The van der Waals surface area contributed by atoms with Crippen LogP contribution in [0.4, 0.5) is 0 Å². The number of ketones is 1. The Morgan fingerprint density at radius 2 is 1.91 bits per heavy atom. The minimum absolute atomic E-state index is 0.0480. The van der Waals surface area contributed by atoms with Crippen LogP contribution in [0.5, 0.6) is 11.5 Å². The molecule has 0 saturated carbocycles. The number of ether oxygens (including phenoxy) is 3. The number of hydrogen-bond donors (Lipinski definition) is 0. The Morgan fingerprint density at radius 1 is 1.22 bits per heavy atom. The summed E-state index contributed by atoms with van der Waals surface area (Å²) in [6.45, 7) is 3.32. The van der Waals surface area contributed by atoms with Crippen molar-refractivity contribution >= 4 is 18.0 Å². The number of Topliss-reactive ketones (excluding diaryl/α,β-unsaturated/α-hetero) is 1. The third-order valence-electron chi connectivity index (χ3n) is 3.44. The van der Waals surface area contributed by atoms with Crippen LogP contribution < -0.4 is 9.47 Å². The van der Waals surface area contributed by atoms with Gasteiger partial charge in [0, 0.05) is 25.3 Å². The van der Waals surface area contributed by atoms with Crippen LogP contribution in [0.15, 0.2) is 6.07 Å². The van der Waals surface area contributed by atoms with Crippen LogP contribution in [0, 0.1) is 6.92 Å². The lowest BCUT2D eigenvalue weighted by Crippen LogP contribution is -2.09. The third-order valence-corrected chi connectivity index (χ3v) is 3.44. The summed E-state index contributed by atoms with van der Waals surface area (Å²) in [5, 5.41) is 0. The van der Waals surface area contributed by atoms with E-state index < -0.39 is 0 Å². The van der Waals surface area contributed by atoms with Crippen molar-refractivity contribution < 1.29 is 28.6 Å². The molecule has 0 aliphatic rings. The van der Waals surface area contributed by atoms with Crippen LogP contribution in [-0.4, -0.2) is 38.9 Å². The number of hydrogen-bond acceptors (Lipinski definition) is 6. The Bertz CT molecular complexity index is 591. The van der Waals surface area contributed by atoms with E-state index in [2.05, 4.69) is 0 Å². The lowest BCUT2D eigenvalue weighted by Gasteiger charge is -2.15. The molecule has 0 N–H and O–H groups in total. The Morgan fingerprint density at radius 3 is 2.43 bits per heavy atom. The van der Waals surface area contributed by atoms with Crippen molar-refractivity contribution in [1.29, 1.82) is 0 Å². The summed E-state index contributed by atoms with van der Waals surface area (Å²) in [6, 6.07) is 1.69. The summed E-state index contributed by atoms with van der Waals surface area (Å²) >= 11 is 0. The zero-order chi connectivity index (χ0) is 17.4. The van der Waals surface area contributed by atoms with Gasteiger partial charge < -0.3 is 14.2 Å². The van der Waals surface area contributed by atoms with Crippen LogP contribution in [0.1, 0.15) is 41.3 Å². The molecule has 0 atom stereocenters. The summed E-state index contributed by atoms with van der Waals surface area (Å²) in [5.41, 5.74) is 1.64. The predicted molar refractivity (Wildman–Crippen MR) is 84.2 cm³/mol. The van der Waals surface area contributed by atoms with Crippen LogP contribution in [0.3, 0.4) is 0 Å². The monoisotopic (exact) mass is 322 g/mol. The van der Waals surface area contributed by atoms with Gasteiger partial charge in [-0.3, -0.25) is 14.4 Å². The first-order valence-corrected chi connectivity index (χ1v) is 7.29. The summed E-state index contributed by atoms with van der Waals surface area (Å²) in [4.78, 5) is 34.1. The lowest BCUT2D eigenvalue weighted by molar-refractivity contribution is -0.141. The molecule has 0 amide bonds. The predicted octanol–water partition coefficient (Wildman–Crippen LogP) is 2.28. The fraction of sp³-hybridized carbons (Fsp3) is 0.471. The topological polar surface area (TPSA) is 78.9 Å². The first-order chi connectivity index (χ1) is 10.9.